The third-order valence-corrected chi connectivity index (χ3v) is 1.23. The van der Waals surface area contributed by atoms with E-state index in [4.69, 9.17) is 10.8 Å². The van der Waals surface area contributed by atoms with E-state index in [-0.39, 0.29) is 5.69 Å². The van der Waals surface area contributed by atoms with Gasteiger partial charge in [0.25, 0.3) is 0 Å². The van der Waals surface area contributed by atoms with Gasteiger partial charge in [0, 0.05) is 5.69 Å². The Balaban J connectivity index is 2.97. The number of hydrogen-bond donors (Lipinski definition) is 3. The highest BCUT2D eigenvalue weighted by Crippen LogP contribution is 2.16. The van der Waals surface area contributed by atoms with Crippen molar-refractivity contribution < 1.29 is 14.3 Å². The van der Waals surface area contributed by atoms with Crippen LogP contribution in [-0.2, 0) is 0 Å². The molecule has 0 unspecified atom stereocenters. The molecule has 1 aromatic rings. The molecule has 0 bridgehead atoms. The Kier molecular flexibility index (Phi) is 2.14. The molecule has 5 heteroatoms. The van der Waals surface area contributed by atoms with Gasteiger partial charge in [0.2, 0.25) is 0 Å². The normalized spacial score (nSPS) is 9.42. The summed E-state index contributed by atoms with van der Waals surface area (Å²) in [6.45, 7) is 0. The fourth-order valence-electron chi connectivity index (χ4n) is 0.754. The molecule has 0 atom stereocenters. The van der Waals surface area contributed by atoms with Gasteiger partial charge in [-0.05, 0) is 18.2 Å². The zero-order chi connectivity index (χ0) is 9.14. The van der Waals surface area contributed by atoms with Crippen molar-refractivity contribution in [2.45, 2.75) is 0 Å². The van der Waals surface area contributed by atoms with Crippen molar-refractivity contribution in [2.75, 3.05) is 11.1 Å². The molecule has 64 valence electrons. The number of nitrogens with two attached hydrogens (primary N) is 1. The third kappa shape index (κ3) is 1.85. The van der Waals surface area contributed by atoms with E-state index in [1.807, 2.05) is 5.32 Å². The van der Waals surface area contributed by atoms with Crippen LogP contribution in [0, 0.1) is 5.82 Å². The SMILES string of the molecule is Nc1ccc(F)c(NC(=O)O)c1. The zero-order valence-corrected chi connectivity index (χ0v) is 6.04. The van der Waals surface area contributed by atoms with Crippen molar-refractivity contribution >= 4 is 17.5 Å². The van der Waals surface area contributed by atoms with Gasteiger partial charge in [0.05, 0.1) is 5.69 Å². The van der Waals surface area contributed by atoms with Gasteiger partial charge < -0.3 is 10.8 Å². The zero-order valence-electron chi connectivity index (χ0n) is 6.04. The van der Waals surface area contributed by atoms with Crippen LogP contribution in [-0.4, -0.2) is 11.2 Å². The Hall–Kier alpha value is -1.78. The average Bonchev–Trinajstić information content (AvgIpc) is 1.96. The highest BCUT2D eigenvalue weighted by molar-refractivity contribution is 5.83. The summed E-state index contributed by atoms with van der Waals surface area (Å²) in [6.07, 6.45) is -1.32. The fraction of sp³-hybridized carbons (Fsp3) is 0. The minimum Gasteiger partial charge on any atom is -0.465 e. The summed E-state index contributed by atoms with van der Waals surface area (Å²) in [7, 11) is 0. The quantitative estimate of drug-likeness (QED) is 0.559. The standard InChI is InChI=1S/C7H7FN2O2/c8-5-2-1-4(9)3-6(5)10-7(11)12/h1-3,10H,9H2,(H,11,12). The average molecular weight is 170 g/mol. The first kappa shape index (κ1) is 8.32. The van der Waals surface area contributed by atoms with Crippen LogP contribution in [0.25, 0.3) is 0 Å². The lowest BCUT2D eigenvalue weighted by molar-refractivity contribution is 0.209. The number of halogens is 1. The van der Waals surface area contributed by atoms with Gasteiger partial charge in [-0.25, -0.2) is 9.18 Å². The van der Waals surface area contributed by atoms with E-state index in [0.717, 1.165) is 6.07 Å². The third-order valence-electron chi connectivity index (χ3n) is 1.23. The van der Waals surface area contributed by atoms with E-state index >= 15 is 0 Å². The van der Waals surface area contributed by atoms with Gasteiger partial charge in [0.1, 0.15) is 5.82 Å². The van der Waals surface area contributed by atoms with Crippen LogP contribution in [0.4, 0.5) is 20.6 Å². The molecule has 0 radical (unpaired) electrons. The predicted molar refractivity (Wildman–Crippen MR) is 42.5 cm³/mol. The molecule has 4 N–H and O–H groups in total. The fourth-order valence-corrected chi connectivity index (χ4v) is 0.754. The number of anilines is 2. The lowest BCUT2D eigenvalue weighted by Gasteiger charge is -2.02. The van der Waals surface area contributed by atoms with Crippen molar-refractivity contribution in [3.05, 3.63) is 24.0 Å². The second-order valence-electron chi connectivity index (χ2n) is 2.17. The molecule has 0 fully saturated rings. The largest absolute Gasteiger partial charge is 0.465 e. The molecule has 0 aromatic heterocycles. The number of carboxylic acid groups (broad SMARTS) is 1. The van der Waals surface area contributed by atoms with Crippen LogP contribution in [0.15, 0.2) is 18.2 Å². The number of amides is 1. The summed E-state index contributed by atoms with van der Waals surface area (Å²) in [6, 6.07) is 3.66. The van der Waals surface area contributed by atoms with Crippen LogP contribution < -0.4 is 11.1 Å². The van der Waals surface area contributed by atoms with Gasteiger partial charge in [-0.3, -0.25) is 5.32 Å². The lowest BCUT2D eigenvalue weighted by Crippen LogP contribution is -2.09. The van der Waals surface area contributed by atoms with E-state index in [1.165, 1.54) is 12.1 Å². The van der Waals surface area contributed by atoms with Crippen molar-refractivity contribution in [3.8, 4) is 0 Å². The maximum Gasteiger partial charge on any atom is 0.409 e. The molecule has 1 aromatic carbocycles. The number of hydrogen-bond acceptors (Lipinski definition) is 2. The number of rotatable bonds is 1. The van der Waals surface area contributed by atoms with Gasteiger partial charge in [-0.15, -0.1) is 0 Å². The first-order chi connectivity index (χ1) is 5.59. The highest BCUT2D eigenvalue weighted by Gasteiger charge is 2.04. The molecule has 0 spiro atoms. The molecule has 4 nitrogen and oxygen atoms in total. The van der Waals surface area contributed by atoms with Crippen LogP contribution in [0.3, 0.4) is 0 Å². The second kappa shape index (κ2) is 3.08. The Morgan fingerprint density at radius 1 is 1.58 bits per heavy atom. The lowest BCUT2D eigenvalue weighted by atomic mass is 10.3. The maximum atomic E-state index is 12.7. The van der Waals surface area contributed by atoms with E-state index in [0.29, 0.717) is 5.69 Å². The van der Waals surface area contributed by atoms with Gasteiger partial charge in [0.15, 0.2) is 0 Å². The van der Waals surface area contributed by atoms with Crippen LogP contribution in [0.5, 0.6) is 0 Å². The summed E-state index contributed by atoms with van der Waals surface area (Å²) in [5.41, 5.74) is 5.47. The first-order valence-corrected chi connectivity index (χ1v) is 3.14. The number of carbonyl (C=O) groups is 1. The van der Waals surface area contributed by atoms with E-state index in [9.17, 15) is 9.18 Å². The van der Waals surface area contributed by atoms with Crippen molar-refractivity contribution in [3.63, 3.8) is 0 Å². The molecule has 1 rings (SSSR count). The predicted octanol–water partition coefficient (Wildman–Crippen LogP) is 1.50. The molecule has 0 saturated carbocycles. The monoisotopic (exact) mass is 170 g/mol. The maximum absolute atomic E-state index is 12.7. The first-order valence-electron chi connectivity index (χ1n) is 3.14. The molecule has 0 aliphatic heterocycles. The Morgan fingerprint density at radius 2 is 2.25 bits per heavy atom. The molecule has 0 aliphatic carbocycles. The summed E-state index contributed by atoms with van der Waals surface area (Å²) in [4.78, 5) is 10.1. The summed E-state index contributed by atoms with van der Waals surface area (Å²) >= 11 is 0. The smallest absolute Gasteiger partial charge is 0.409 e. The van der Waals surface area contributed by atoms with E-state index < -0.39 is 11.9 Å². The summed E-state index contributed by atoms with van der Waals surface area (Å²) in [5, 5.41) is 10.1. The minimum atomic E-state index is -1.32. The number of nitrogen functional groups attached to an aromatic ring is 1. The number of nitrogens with one attached hydrogen (secondary N) is 1. The molecular formula is C7H7FN2O2. The van der Waals surface area contributed by atoms with Gasteiger partial charge >= 0.3 is 6.09 Å². The van der Waals surface area contributed by atoms with Crippen LogP contribution in [0.1, 0.15) is 0 Å². The molecule has 0 aliphatic rings. The second-order valence-corrected chi connectivity index (χ2v) is 2.17. The molecule has 0 heterocycles. The highest BCUT2D eigenvalue weighted by atomic mass is 19.1. The Labute approximate surface area is 67.8 Å². The molecule has 0 saturated heterocycles. The molecule has 1 amide bonds. The Bertz CT molecular complexity index is 314. The minimum absolute atomic E-state index is 0.137. The summed E-state index contributed by atoms with van der Waals surface area (Å²) in [5.74, 6) is -0.647. The van der Waals surface area contributed by atoms with E-state index in [1.54, 1.807) is 0 Å². The van der Waals surface area contributed by atoms with E-state index in [2.05, 4.69) is 0 Å². The van der Waals surface area contributed by atoms with Crippen LogP contribution >= 0.6 is 0 Å². The van der Waals surface area contributed by atoms with Crippen molar-refractivity contribution in [1.29, 1.82) is 0 Å². The topological polar surface area (TPSA) is 75.3 Å². The molecular weight excluding hydrogens is 163 g/mol. The number of benzene rings is 1. The van der Waals surface area contributed by atoms with Crippen molar-refractivity contribution in [1.82, 2.24) is 0 Å². The van der Waals surface area contributed by atoms with Gasteiger partial charge in [-0.2, -0.15) is 0 Å². The van der Waals surface area contributed by atoms with Crippen molar-refractivity contribution in [2.24, 2.45) is 0 Å². The summed E-state index contributed by atoms with van der Waals surface area (Å²) < 4.78 is 12.7. The van der Waals surface area contributed by atoms with Gasteiger partial charge in [-0.1, -0.05) is 0 Å². The Morgan fingerprint density at radius 3 is 2.83 bits per heavy atom. The molecule has 12 heavy (non-hydrogen) atoms. The van der Waals surface area contributed by atoms with Crippen LogP contribution in [0.2, 0.25) is 0 Å².